The first kappa shape index (κ1) is 15.0. The fraction of sp³-hybridized carbons (Fsp3) is 0.857. The third-order valence-electron chi connectivity index (χ3n) is 3.56. The SMILES string of the molecule is CCCCC(CCC)N1CCC(=O)NC(C)C1=O. The zero-order chi connectivity index (χ0) is 13.5. The van der Waals surface area contributed by atoms with Crippen LogP contribution < -0.4 is 5.32 Å². The zero-order valence-corrected chi connectivity index (χ0v) is 11.9. The first-order valence-corrected chi connectivity index (χ1v) is 7.20. The summed E-state index contributed by atoms with van der Waals surface area (Å²) < 4.78 is 0. The molecule has 1 saturated heterocycles. The van der Waals surface area contributed by atoms with E-state index in [1.54, 1.807) is 6.92 Å². The van der Waals surface area contributed by atoms with Gasteiger partial charge in [0, 0.05) is 19.0 Å². The van der Waals surface area contributed by atoms with Crippen LogP contribution in [0.5, 0.6) is 0 Å². The van der Waals surface area contributed by atoms with Gasteiger partial charge in [0.1, 0.15) is 6.04 Å². The summed E-state index contributed by atoms with van der Waals surface area (Å²) in [5.74, 6) is 0.0690. The molecular formula is C14H26N2O2. The molecule has 18 heavy (non-hydrogen) atoms. The Morgan fingerprint density at radius 1 is 1.28 bits per heavy atom. The number of hydrogen-bond acceptors (Lipinski definition) is 2. The predicted molar refractivity (Wildman–Crippen MR) is 72.2 cm³/mol. The highest BCUT2D eigenvalue weighted by molar-refractivity contribution is 5.89. The summed E-state index contributed by atoms with van der Waals surface area (Å²) in [7, 11) is 0. The Hall–Kier alpha value is -1.06. The summed E-state index contributed by atoms with van der Waals surface area (Å²) in [5.41, 5.74) is 0. The fourth-order valence-electron chi connectivity index (χ4n) is 2.55. The summed E-state index contributed by atoms with van der Waals surface area (Å²) in [6.07, 6.45) is 5.89. The van der Waals surface area contributed by atoms with Crippen molar-refractivity contribution in [3.8, 4) is 0 Å². The van der Waals surface area contributed by atoms with Gasteiger partial charge in [0.25, 0.3) is 0 Å². The van der Waals surface area contributed by atoms with E-state index >= 15 is 0 Å². The van der Waals surface area contributed by atoms with Crippen LogP contribution in [0.4, 0.5) is 0 Å². The second-order valence-electron chi connectivity index (χ2n) is 5.16. The Labute approximate surface area is 110 Å². The zero-order valence-electron chi connectivity index (χ0n) is 11.9. The average Bonchev–Trinajstić information content (AvgIpc) is 2.46. The molecule has 0 spiro atoms. The molecule has 0 radical (unpaired) electrons. The van der Waals surface area contributed by atoms with E-state index in [1.165, 1.54) is 0 Å². The Kier molecular flexibility index (Phi) is 6.16. The maximum Gasteiger partial charge on any atom is 0.245 e. The first-order valence-electron chi connectivity index (χ1n) is 7.20. The van der Waals surface area contributed by atoms with Crippen LogP contribution in [0.2, 0.25) is 0 Å². The van der Waals surface area contributed by atoms with Gasteiger partial charge >= 0.3 is 0 Å². The van der Waals surface area contributed by atoms with Gasteiger partial charge < -0.3 is 10.2 Å². The minimum Gasteiger partial charge on any atom is -0.345 e. The fourth-order valence-corrected chi connectivity index (χ4v) is 2.55. The molecule has 0 aromatic carbocycles. The number of rotatable bonds is 6. The molecule has 4 heteroatoms. The molecular weight excluding hydrogens is 228 g/mol. The molecule has 0 aliphatic carbocycles. The smallest absolute Gasteiger partial charge is 0.245 e. The lowest BCUT2D eigenvalue weighted by Gasteiger charge is -2.31. The number of hydrogen-bond donors (Lipinski definition) is 1. The molecule has 0 aromatic heterocycles. The van der Waals surface area contributed by atoms with Gasteiger partial charge in [-0.05, 0) is 19.8 Å². The van der Waals surface area contributed by atoms with Crippen molar-refractivity contribution >= 4 is 11.8 Å². The van der Waals surface area contributed by atoms with E-state index in [1.807, 2.05) is 4.90 Å². The van der Waals surface area contributed by atoms with Crippen molar-refractivity contribution in [2.24, 2.45) is 0 Å². The quantitative estimate of drug-likeness (QED) is 0.789. The van der Waals surface area contributed by atoms with Gasteiger partial charge in [-0.25, -0.2) is 0 Å². The lowest BCUT2D eigenvalue weighted by Crippen LogP contribution is -2.47. The maximum absolute atomic E-state index is 12.3. The monoisotopic (exact) mass is 254 g/mol. The van der Waals surface area contributed by atoms with Crippen LogP contribution in [0.3, 0.4) is 0 Å². The van der Waals surface area contributed by atoms with Crippen LogP contribution in [-0.4, -0.2) is 35.3 Å². The first-order chi connectivity index (χ1) is 8.60. The van der Waals surface area contributed by atoms with Crippen molar-refractivity contribution in [3.05, 3.63) is 0 Å². The third-order valence-corrected chi connectivity index (χ3v) is 3.56. The Morgan fingerprint density at radius 2 is 2.00 bits per heavy atom. The lowest BCUT2D eigenvalue weighted by molar-refractivity contribution is -0.135. The van der Waals surface area contributed by atoms with Gasteiger partial charge in [-0.3, -0.25) is 9.59 Å². The van der Waals surface area contributed by atoms with E-state index in [0.29, 0.717) is 19.0 Å². The van der Waals surface area contributed by atoms with Crippen LogP contribution in [0, 0.1) is 0 Å². The molecule has 2 amide bonds. The molecule has 0 aromatic rings. The average molecular weight is 254 g/mol. The van der Waals surface area contributed by atoms with Crippen LogP contribution in [-0.2, 0) is 9.59 Å². The van der Waals surface area contributed by atoms with E-state index in [4.69, 9.17) is 0 Å². The van der Waals surface area contributed by atoms with Crippen LogP contribution in [0.15, 0.2) is 0 Å². The Balaban J connectivity index is 2.73. The summed E-state index contributed by atoms with van der Waals surface area (Å²) in [5, 5.41) is 2.74. The number of nitrogens with zero attached hydrogens (tertiary/aromatic N) is 1. The Bertz CT molecular complexity index is 292. The second-order valence-corrected chi connectivity index (χ2v) is 5.16. The number of carbonyl (C=O) groups is 2. The van der Waals surface area contributed by atoms with Crippen LogP contribution >= 0.6 is 0 Å². The number of nitrogens with one attached hydrogen (secondary N) is 1. The van der Waals surface area contributed by atoms with Crippen molar-refractivity contribution in [3.63, 3.8) is 0 Å². The van der Waals surface area contributed by atoms with Crippen molar-refractivity contribution < 1.29 is 9.59 Å². The van der Waals surface area contributed by atoms with Gasteiger partial charge in [0.15, 0.2) is 0 Å². The normalized spacial score (nSPS) is 22.6. The molecule has 4 nitrogen and oxygen atoms in total. The third kappa shape index (κ3) is 4.00. The molecule has 104 valence electrons. The summed E-state index contributed by atoms with van der Waals surface area (Å²) in [4.78, 5) is 25.7. The highest BCUT2D eigenvalue weighted by atomic mass is 16.2. The minimum absolute atomic E-state index is 0.0101. The number of carbonyl (C=O) groups excluding carboxylic acids is 2. The van der Waals surface area contributed by atoms with Crippen molar-refractivity contribution in [1.82, 2.24) is 10.2 Å². The van der Waals surface area contributed by atoms with Gasteiger partial charge in [-0.2, -0.15) is 0 Å². The molecule has 1 heterocycles. The van der Waals surface area contributed by atoms with E-state index < -0.39 is 0 Å². The van der Waals surface area contributed by atoms with E-state index in [2.05, 4.69) is 19.2 Å². The molecule has 0 bridgehead atoms. The van der Waals surface area contributed by atoms with E-state index in [9.17, 15) is 9.59 Å². The van der Waals surface area contributed by atoms with E-state index in [0.717, 1.165) is 32.1 Å². The van der Waals surface area contributed by atoms with Crippen molar-refractivity contribution in [1.29, 1.82) is 0 Å². The molecule has 1 rings (SSSR count). The maximum atomic E-state index is 12.3. The van der Waals surface area contributed by atoms with Crippen molar-refractivity contribution in [2.75, 3.05) is 6.54 Å². The molecule has 1 aliphatic heterocycles. The molecule has 0 saturated carbocycles. The molecule has 1 N–H and O–H groups in total. The predicted octanol–water partition coefficient (Wildman–Crippen LogP) is 2.08. The molecule has 2 unspecified atom stereocenters. The van der Waals surface area contributed by atoms with Crippen molar-refractivity contribution in [2.45, 2.75) is 71.4 Å². The Morgan fingerprint density at radius 3 is 2.61 bits per heavy atom. The highest BCUT2D eigenvalue weighted by Gasteiger charge is 2.30. The lowest BCUT2D eigenvalue weighted by atomic mass is 10.0. The van der Waals surface area contributed by atoms with E-state index in [-0.39, 0.29) is 17.9 Å². The number of unbranched alkanes of at least 4 members (excludes halogenated alkanes) is 1. The molecule has 1 aliphatic rings. The van der Waals surface area contributed by atoms with Gasteiger partial charge in [0.2, 0.25) is 11.8 Å². The largest absolute Gasteiger partial charge is 0.345 e. The topological polar surface area (TPSA) is 49.4 Å². The summed E-state index contributed by atoms with van der Waals surface area (Å²) in [6, 6.07) is -0.0708. The minimum atomic E-state index is -0.374. The van der Waals surface area contributed by atoms with Crippen LogP contribution in [0.1, 0.15) is 59.3 Å². The molecule has 1 fully saturated rings. The second kappa shape index (κ2) is 7.39. The summed E-state index contributed by atoms with van der Waals surface area (Å²) in [6.45, 7) is 6.67. The standard InChI is InChI=1S/C14H26N2O2/c1-4-6-8-12(7-5-2)16-10-9-13(17)15-11(3)14(16)18/h11-12H,4-10H2,1-3H3,(H,15,17). The molecule has 2 atom stereocenters. The van der Waals surface area contributed by atoms with Gasteiger partial charge in [-0.15, -0.1) is 0 Å². The van der Waals surface area contributed by atoms with Gasteiger partial charge in [0.05, 0.1) is 0 Å². The van der Waals surface area contributed by atoms with Gasteiger partial charge in [-0.1, -0.05) is 33.1 Å². The summed E-state index contributed by atoms with van der Waals surface area (Å²) >= 11 is 0. The number of amides is 2. The van der Waals surface area contributed by atoms with Crippen LogP contribution in [0.25, 0.3) is 0 Å². The highest BCUT2D eigenvalue weighted by Crippen LogP contribution is 2.17.